The van der Waals surface area contributed by atoms with Crippen molar-refractivity contribution in [2.75, 3.05) is 26.6 Å². The Morgan fingerprint density at radius 1 is 1.03 bits per heavy atom. The summed E-state index contributed by atoms with van der Waals surface area (Å²) in [6.45, 7) is 1.15. The van der Waals surface area contributed by atoms with E-state index in [1.54, 1.807) is 21.3 Å². The predicted molar refractivity (Wildman–Crippen MR) is 139 cm³/mol. The first-order chi connectivity index (χ1) is 15.1. The van der Waals surface area contributed by atoms with Crippen LogP contribution in [-0.2, 0) is 17.9 Å². The molecule has 32 heavy (non-hydrogen) atoms. The van der Waals surface area contributed by atoms with Crippen molar-refractivity contribution in [3.05, 3.63) is 53.6 Å². The summed E-state index contributed by atoms with van der Waals surface area (Å²) in [6.07, 6.45) is 4.29. The number of anilines is 1. The maximum atomic E-state index is 12.4. The van der Waals surface area contributed by atoms with Gasteiger partial charge < -0.3 is 25.4 Å². The first-order valence-corrected chi connectivity index (χ1v) is 10.7. The van der Waals surface area contributed by atoms with Crippen LogP contribution in [0.3, 0.4) is 0 Å². The summed E-state index contributed by atoms with van der Waals surface area (Å²) >= 11 is 0. The number of ether oxygens (including phenoxy) is 2. The van der Waals surface area contributed by atoms with Crippen molar-refractivity contribution in [3.8, 4) is 11.5 Å². The van der Waals surface area contributed by atoms with E-state index >= 15 is 0 Å². The van der Waals surface area contributed by atoms with Crippen LogP contribution in [0.1, 0.15) is 36.8 Å². The molecule has 3 rings (SSSR count). The highest BCUT2D eigenvalue weighted by molar-refractivity contribution is 14.0. The van der Waals surface area contributed by atoms with E-state index in [-0.39, 0.29) is 35.8 Å². The Kier molecular flexibility index (Phi) is 10.6. The number of rotatable bonds is 8. The van der Waals surface area contributed by atoms with Crippen LogP contribution in [0.4, 0.5) is 5.69 Å². The molecule has 1 fully saturated rings. The van der Waals surface area contributed by atoms with Gasteiger partial charge in [0.25, 0.3) is 0 Å². The molecule has 0 saturated heterocycles. The number of hydrogen-bond donors (Lipinski definition) is 3. The quantitative estimate of drug-likeness (QED) is 0.258. The standard InChI is InChI=1S/C24H32N4O3.HI/c1-25-24(27-16-19-11-12-21(30-2)14-22(19)31-3)26-15-17-7-6-10-20(13-17)28-23(29)18-8-4-5-9-18;/h6-7,10-14,18H,4-5,8-9,15-16H2,1-3H3,(H,28,29)(H2,25,26,27);1H. The fraction of sp³-hybridized carbons (Fsp3) is 0.417. The van der Waals surface area contributed by atoms with Gasteiger partial charge in [-0.15, -0.1) is 24.0 Å². The predicted octanol–water partition coefficient (Wildman–Crippen LogP) is 4.32. The number of carbonyl (C=O) groups excluding carboxylic acids is 1. The lowest BCUT2D eigenvalue weighted by Crippen LogP contribution is -2.36. The zero-order valence-corrected chi connectivity index (χ0v) is 21.3. The third-order valence-corrected chi connectivity index (χ3v) is 5.54. The van der Waals surface area contributed by atoms with Crippen molar-refractivity contribution < 1.29 is 14.3 Å². The minimum absolute atomic E-state index is 0. The van der Waals surface area contributed by atoms with Crippen molar-refractivity contribution in [1.29, 1.82) is 0 Å². The van der Waals surface area contributed by atoms with Crippen LogP contribution in [0.25, 0.3) is 0 Å². The minimum Gasteiger partial charge on any atom is -0.497 e. The third kappa shape index (κ3) is 7.29. The molecule has 2 aromatic carbocycles. The second-order valence-corrected chi connectivity index (χ2v) is 7.63. The Balaban J connectivity index is 0.00000363. The minimum atomic E-state index is 0. The summed E-state index contributed by atoms with van der Waals surface area (Å²) in [5.74, 6) is 2.47. The topological polar surface area (TPSA) is 84.0 Å². The van der Waals surface area contributed by atoms with Gasteiger partial charge in [-0.25, -0.2) is 0 Å². The second-order valence-electron chi connectivity index (χ2n) is 7.63. The molecule has 0 atom stereocenters. The molecule has 0 aliphatic heterocycles. The van der Waals surface area contributed by atoms with Gasteiger partial charge in [0.15, 0.2) is 5.96 Å². The molecule has 1 aliphatic carbocycles. The zero-order valence-electron chi connectivity index (χ0n) is 18.9. The number of guanidine groups is 1. The number of halogens is 1. The molecule has 0 heterocycles. The normalized spacial score (nSPS) is 13.8. The fourth-order valence-electron chi connectivity index (χ4n) is 3.77. The smallest absolute Gasteiger partial charge is 0.227 e. The lowest BCUT2D eigenvalue weighted by atomic mass is 10.1. The second kappa shape index (κ2) is 13.1. The summed E-state index contributed by atoms with van der Waals surface area (Å²) in [5.41, 5.74) is 2.90. The Bertz CT molecular complexity index is 914. The molecule has 7 nitrogen and oxygen atoms in total. The number of carbonyl (C=O) groups is 1. The van der Waals surface area contributed by atoms with E-state index in [1.165, 1.54) is 0 Å². The van der Waals surface area contributed by atoms with Gasteiger partial charge in [-0.05, 0) is 42.7 Å². The molecule has 0 spiro atoms. The maximum Gasteiger partial charge on any atom is 0.227 e. The third-order valence-electron chi connectivity index (χ3n) is 5.54. The number of aliphatic imine (C=N–C) groups is 1. The zero-order chi connectivity index (χ0) is 22.1. The largest absolute Gasteiger partial charge is 0.497 e. The van der Waals surface area contributed by atoms with Gasteiger partial charge in [-0.2, -0.15) is 0 Å². The summed E-state index contributed by atoms with van der Waals surface area (Å²) in [4.78, 5) is 16.7. The number of hydrogen-bond acceptors (Lipinski definition) is 4. The van der Waals surface area contributed by atoms with Gasteiger partial charge in [0, 0.05) is 43.4 Å². The molecule has 1 saturated carbocycles. The van der Waals surface area contributed by atoms with Crippen molar-refractivity contribution in [2.45, 2.75) is 38.8 Å². The first kappa shape index (κ1) is 25.8. The van der Waals surface area contributed by atoms with E-state index in [2.05, 4.69) is 20.9 Å². The highest BCUT2D eigenvalue weighted by Crippen LogP contribution is 2.26. The van der Waals surface area contributed by atoms with Gasteiger partial charge in [0.05, 0.1) is 14.2 Å². The van der Waals surface area contributed by atoms with Gasteiger partial charge in [0.2, 0.25) is 5.91 Å². The lowest BCUT2D eigenvalue weighted by Gasteiger charge is -2.15. The molecule has 1 amide bonds. The monoisotopic (exact) mass is 552 g/mol. The summed E-state index contributed by atoms with van der Waals surface area (Å²) < 4.78 is 10.7. The highest BCUT2D eigenvalue weighted by atomic mass is 127. The van der Waals surface area contributed by atoms with Crippen LogP contribution in [-0.4, -0.2) is 33.1 Å². The average Bonchev–Trinajstić information content (AvgIpc) is 3.34. The van der Waals surface area contributed by atoms with Crippen LogP contribution < -0.4 is 25.4 Å². The molecule has 174 valence electrons. The molecular weight excluding hydrogens is 519 g/mol. The van der Waals surface area contributed by atoms with Gasteiger partial charge in [0.1, 0.15) is 11.5 Å². The maximum absolute atomic E-state index is 12.4. The molecular formula is C24H33IN4O3. The van der Waals surface area contributed by atoms with Gasteiger partial charge >= 0.3 is 0 Å². The van der Waals surface area contributed by atoms with Crippen LogP contribution in [0.2, 0.25) is 0 Å². The van der Waals surface area contributed by atoms with E-state index in [9.17, 15) is 4.79 Å². The Morgan fingerprint density at radius 2 is 1.78 bits per heavy atom. The lowest BCUT2D eigenvalue weighted by molar-refractivity contribution is -0.119. The van der Waals surface area contributed by atoms with Gasteiger partial charge in [-0.3, -0.25) is 9.79 Å². The Hall–Kier alpha value is -2.49. The average molecular weight is 552 g/mol. The molecule has 8 heteroatoms. The number of nitrogens with zero attached hydrogens (tertiary/aromatic N) is 1. The van der Waals surface area contributed by atoms with Crippen molar-refractivity contribution >= 4 is 41.5 Å². The number of methoxy groups -OCH3 is 2. The number of nitrogens with one attached hydrogen (secondary N) is 3. The molecule has 0 radical (unpaired) electrons. The Labute approximate surface area is 207 Å². The summed E-state index contributed by atoms with van der Waals surface area (Å²) in [6, 6.07) is 13.6. The molecule has 0 aromatic heterocycles. The number of benzene rings is 2. The van der Waals surface area contributed by atoms with E-state index in [1.807, 2.05) is 42.5 Å². The van der Waals surface area contributed by atoms with Crippen LogP contribution >= 0.6 is 24.0 Å². The van der Waals surface area contributed by atoms with E-state index < -0.39 is 0 Å². The van der Waals surface area contributed by atoms with Gasteiger partial charge in [-0.1, -0.05) is 25.0 Å². The SMILES string of the molecule is CN=C(NCc1cccc(NC(=O)C2CCCC2)c1)NCc1ccc(OC)cc1OC.I. The molecule has 0 bridgehead atoms. The summed E-state index contributed by atoms with van der Waals surface area (Å²) in [7, 11) is 5.01. The van der Waals surface area contributed by atoms with Crippen molar-refractivity contribution in [2.24, 2.45) is 10.9 Å². The van der Waals surface area contributed by atoms with Crippen LogP contribution in [0, 0.1) is 5.92 Å². The summed E-state index contributed by atoms with van der Waals surface area (Å²) in [5, 5.41) is 9.67. The van der Waals surface area contributed by atoms with E-state index in [0.29, 0.717) is 19.0 Å². The molecule has 0 unspecified atom stereocenters. The van der Waals surface area contributed by atoms with Crippen molar-refractivity contribution in [1.82, 2.24) is 10.6 Å². The highest BCUT2D eigenvalue weighted by Gasteiger charge is 2.22. The molecule has 1 aliphatic rings. The van der Waals surface area contributed by atoms with E-state index in [4.69, 9.17) is 9.47 Å². The van der Waals surface area contributed by atoms with Crippen molar-refractivity contribution in [3.63, 3.8) is 0 Å². The first-order valence-electron chi connectivity index (χ1n) is 10.7. The molecule has 2 aromatic rings. The van der Waals surface area contributed by atoms with Crippen LogP contribution in [0.5, 0.6) is 11.5 Å². The Morgan fingerprint density at radius 3 is 2.47 bits per heavy atom. The van der Waals surface area contributed by atoms with E-state index in [0.717, 1.165) is 54.0 Å². The fourth-order valence-corrected chi connectivity index (χ4v) is 3.77. The molecule has 3 N–H and O–H groups in total. The van der Waals surface area contributed by atoms with Crippen LogP contribution in [0.15, 0.2) is 47.5 Å². The number of amides is 1.